The number of nitrogens with one attached hydrogen (secondary N) is 1. The highest BCUT2D eigenvalue weighted by Gasteiger charge is 2.13. The molecule has 1 rings (SSSR count). The molecule has 0 amide bonds. The number of aryl methyl sites for hydroxylation is 1. The maximum atomic E-state index is 5.26. The third-order valence-corrected chi connectivity index (χ3v) is 3.31. The molecule has 0 radical (unpaired) electrons. The maximum Gasteiger partial charge on any atom is 0.119 e. The predicted molar refractivity (Wildman–Crippen MR) is 84.1 cm³/mol. The van der Waals surface area contributed by atoms with Gasteiger partial charge in [-0.3, -0.25) is 0 Å². The number of rotatable bonds is 7. The monoisotopic (exact) mass is 263 g/mol. The zero-order chi connectivity index (χ0) is 14.4. The summed E-state index contributed by atoms with van der Waals surface area (Å²) in [5.41, 5.74) is 2.48. The zero-order valence-electron chi connectivity index (χ0n) is 13.3. The first kappa shape index (κ1) is 15.9. The van der Waals surface area contributed by atoms with E-state index >= 15 is 0 Å². The average Bonchev–Trinajstić information content (AvgIpc) is 2.30. The molecule has 1 N–H and O–H groups in total. The standard InChI is InChI=1S/C17H29NO/c1-12(2)9-15(10-13(3)4)18-17-8-7-16(19-6)11-14(17)5/h7-8,11-13,15,18H,9-10H2,1-6H3. The van der Waals surface area contributed by atoms with Crippen LogP contribution in [0.25, 0.3) is 0 Å². The van der Waals surface area contributed by atoms with E-state index in [0.29, 0.717) is 6.04 Å². The Morgan fingerprint density at radius 2 is 1.63 bits per heavy atom. The van der Waals surface area contributed by atoms with Gasteiger partial charge in [-0.25, -0.2) is 0 Å². The number of benzene rings is 1. The summed E-state index contributed by atoms with van der Waals surface area (Å²) in [4.78, 5) is 0. The van der Waals surface area contributed by atoms with E-state index in [4.69, 9.17) is 4.74 Å². The van der Waals surface area contributed by atoms with E-state index < -0.39 is 0 Å². The topological polar surface area (TPSA) is 21.3 Å². The van der Waals surface area contributed by atoms with Crippen molar-refractivity contribution in [3.63, 3.8) is 0 Å². The molecule has 0 aliphatic heterocycles. The molecule has 0 aromatic heterocycles. The highest BCUT2D eigenvalue weighted by Crippen LogP contribution is 2.24. The summed E-state index contributed by atoms with van der Waals surface area (Å²) in [6.45, 7) is 11.3. The third kappa shape index (κ3) is 5.54. The van der Waals surface area contributed by atoms with E-state index in [2.05, 4.69) is 52.1 Å². The van der Waals surface area contributed by atoms with Gasteiger partial charge in [0.05, 0.1) is 7.11 Å². The first-order valence-corrected chi connectivity index (χ1v) is 7.33. The van der Waals surface area contributed by atoms with Crippen molar-refractivity contribution >= 4 is 5.69 Å². The molecule has 1 aromatic rings. The molecule has 0 unspecified atom stereocenters. The third-order valence-electron chi connectivity index (χ3n) is 3.31. The Balaban J connectivity index is 2.77. The van der Waals surface area contributed by atoms with Crippen LogP contribution in [0.15, 0.2) is 18.2 Å². The van der Waals surface area contributed by atoms with E-state index in [-0.39, 0.29) is 0 Å². The van der Waals surface area contributed by atoms with Crippen molar-refractivity contribution in [1.82, 2.24) is 0 Å². The van der Waals surface area contributed by atoms with E-state index in [9.17, 15) is 0 Å². The van der Waals surface area contributed by atoms with Crippen molar-refractivity contribution in [1.29, 1.82) is 0 Å². The number of ether oxygens (including phenoxy) is 1. The first-order valence-electron chi connectivity index (χ1n) is 7.33. The van der Waals surface area contributed by atoms with Crippen molar-refractivity contribution < 1.29 is 4.74 Å². The van der Waals surface area contributed by atoms with Crippen molar-refractivity contribution in [2.24, 2.45) is 11.8 Å². The van der Waals surface area contributed by atoms with Crippen molar-refractivity contribution in [2.45, 2.75) is 53.5 Å². The van der Waals surface area contributed by atoms with Crippen LogP contribution >= 0.6 is 0 Å². The largest absolute Gasteiger partial charge is 0.497 e. The summed E-state index contributed by atoms with van der Waals surface area (Å²) in [6.07, 6.45) is 2.42. The van der Waals surface area contributed by atoms with Crippen LogP contribution < -0.4 is 10.1 Å². The van der Waals surface area contributed by atoms with Gasteiger partial charge in [0.15, 0.2) is 0 Å². The van der Waals surface area contributed by atoms with Gasteiger partial charge in [0, 0.05) is 11.7 Å². The van der Waals surface area contributed by atoms with Gasteiger partial charge in [-0.2, -0.15) is 0 Å². The number of hydrogen-bond acceptors (Lipinski definition) is 2. The first-order chi connectivity index (χ1) is 8.92. The van der Waals surface area contributed by atoms with Crippen LogP contribution in [0.4, 0.5) is 5.69 Å². The smallest absolute Gasteiger partial charge is 0.119 e. The number of methoxy groups -OCH3 is 1. The summed E-state index contributed by atoms with van der Waals surface area (Å²) in [6, 6.07) is 6.79. The van der Waals surface area contributed by atoms with Crippen LogP contribution in [0.5, 0.6) is 5.75 Å². The minimum absolute atomic E-state index is 0.548. The maximum absolute atomic E-state index is 5.26. The Morgan fingerprint density at radius 1 is 1.05 bits per heavy atom. The summed E-state index contributed by atoms with van der Waals surface area (Å²) in [5, 5.41) is 3.71. The average molecular weight is 263 g/mol. The quantitative estimate of drug-likeness (QED) is 0.757. The van der Waals surface area contributed by atoms with Crippen LogP contribution in [0.1, 0.15) is 46.1 Å². The Hall–Kier alpha value is -1.18. The molecule has 0 bridgehead atoms. The predicted octanol–water partition coefficient (Wildman–Crippen LogP) is 4.88. The molecule has 2 heteroatoms. The second-order valence-electron chi connectivity index (χ2n) is 6.28. The molecule has 0 saturated carbocycles. The molecule has 0 saturated heterocycles. The Bertz CT molecular complexity index is 375. The van der Waals surface area contributed by atoms with Crippen molar-refractivity contribution in [3.05, 3.63) is 23.8 Å². The molecule has 0 aliphatic rings. The molecular weight excluding hydrogens is 234 g/mol. The SMILES string of the molecule is COc1ccc(NC(CC(C)C)CC(C)C)c(C)c1. The lowest BCUT2D eigenvalue weighted by atomic mass is 9.95. The molecule has 19 heavy (non-hydrogen) atoms. The minimum atomic E-state index is 0.548. The van der Waals surface area contributed by atoms with Crippen molar-refractivity contribution in [3.8, 4) is 5.75 Å². The zero-order valence-corrected chi connectivity index (χ0v) is 13.3. The van der Waals surface area contributed by atoms with Crippen LogP contribution in [-0.4, -0.2) is 13.2 Å². The summed E-state index contributed by atoms with van der Waals surface area (Å²) >= 11 is 0. The van der Waals surface area contributed by atoms with Gasteiger partial charge < -0.3 is 10.1 Å². The number of hydrogen-bond donors (Lipinski definition) is 1. The minimum Gasteiger partial charge on any atom is -0.497 e. The second kappa shape index (κ2) is 7.42. The van der Waals surface area contributed by atoms with Gasteiger partial charge in [0.25, 0.3) is 0 Å². The lowest BCUT2D eigenvalue weighted by Gasteiger charge is -2.24. The highest BCUT2D eigenvalue weighted by atomic mass is 16.5. The van der Waals surface area contributed by atoms with Crippen LogP contribution in [-0.2, 0) is 0 Å². The van der Waals surface area contributed by atoms with Gasteiger partial charge in [0.1, 0.15) is 5.75 Å². The van der Waals surface area contributed by atoms with Gasteiger partial charge in [-0.1, -0.05) is 27.7 Å². The van der Waals surface area contributed by atoms with E-state index in [1.807, 2.05) is 6.07 Å². The number of anilines is 1. The highest BCUT2D eigenvalue weighted by molar-refractivity contribution is 5.54. The van der Waals surface area contributed by atoms with Gasteiger partial charge in [0.2, 0.25) is 0 Å². The molecule has 0 atom stereocenters. The molecule has 2 nitrogen and oxygen atoms in total. The van der Waals surface area contributed by atoms with Gasteiger partial charge in [-0.15, -0.1) is 0 Å². The van der Waals surface area contributed by atoms with Crippen molar-refractivity contribution in [2.75, 3.05) is 12.4 Å². The van der Waals surface area contributed by atoms with Gasteiger partial charge in [-0.05, 0) is 55.4 Å². The molecule has 0 spiro atoms. The van der Waals surface area contributed by atoms with Crippen LogP contribution in [0.2, 0.25) is 0 Å². The van der Waals surface area contributed by atoms with E-state index in [1.54, 1.807) is 7.11 Å². The summed E-state index contributed by atoms with van der Waals surface area (Å²) < 4.78 is 5.26. The van der Waals surface area contributed by atoms with Crippen LogP contribution in [0, 0.1) is 18.8 Å². The fourth-order valence-electron chi connectivity index (χ4n) is 2.50. The molecule has 0 fully saturated rings. The molecule has 0 heterocycles. The molecule has 108 valence electrons. The molecular formula is C17H29NO. The summed E-state index contributed by atoms with van der Waals surface area (Å²) in [7, 11) is 1.71. The fourth-order valence-corrected chi connectivity index (χ4v) is 2.50. The summed E-state index contributed by atoms with van der Waals surface area (Å²) in [5.74, 6) is 2.36. The molecule has 0 aliphatic carbocycles. The molecule has 1 aromatic carbocycles. The Kier molecular flexibility index (Phi) is 6.20. The normalized spacial score (nSPS) is 11.4. The van der Waals surface area contributed by atoms with E-state index in [0.717, 1.165) is 17.6 Å². The lowest BCUT2D eigenvalue weighted by molar-refractivity contribution is 0.414. The van der Waals surface area contributed by atoms with Crippen LogP contribution in [0.3, 0.4) is 0 Å². The van der Waals surface area contributed by atoms with Gasteiger partial charge >= 0.3 is 0 Å². The Labute approximate surface area is 118 Å². The Morgan fingerprint density at radius 3 is 2.05 bits per heavy atom. The fraction of sp³-hybridized carbons (Fsp3) is 0.647. The lowest BCUT2D eigenvalue weighted by Crippen LogP contribution is -2.24. The van der Waals surface area contributed by atoms with E-state index in [1.165, 1.54) is 24.1 Å². The second-order valence-corrected chi connectivity index (χ2v) is 6.28.